The number of hydrogen-bond donors (Lipinski definition) is 0. The predicted octanol–water partition coefficient (Wildman–Crippen LogP) is 3.66. The number of halogens is 2. The van der Waals surface area contributed by atoms with E-state index in [0.29, 0.717) is 0 Å². The molecule has 0 saturated carbocycles. The molecule has 0 saturated heterocycles. The van der Waals surface area contributed by atoms with E-state index in [4.69, 9.17) is 0 Å². The Balaban J connectivity index is 2.95. The normalized spacial score (nSPS) is 13.7. The Bertz CT molecular complexity index is 54.9. The van der Waals surface area contributed by atoms with Crippen LogP contribution in [0.25, 0.3) is 0 Å². The molecule has 0 aromatic rings. The lowest BCUT2D eigenvalue weighted by Gasteiger charge is -2.06. The quantitative estimate of drug-likeness (QED) is 0.523. The van der Waals surface area contributed by atoms with E-state index in [1.54, 1.807) is 0 Å². The summed E-state index contributed by atoms with van der Waals surface area (Å²) in [4.78, 5) is 0. The van der Waals surface area contributed by atoms with Crippen molar-refractivity contribution in [2.75, 3.05) is 8.86 Å². The molecule has 2 heteroatoms. The number of hydrogen-bond acceptors (Lipinski definition) is 0. The van der Waals surface area contributed by atoms with Crippen LogP contribution in [0.5, 0.6) is 0 Å². The molecule has 56 valence electrons. The van der Waals surface area contributed by atoms with Crippen molar-refractivity contribution < 1.29 is 0 Å². The van der Waals surface area contributed by atoms with Crippen molar-refractivity contribution in [3.63, 3.8) is 0 Å². The van der Waals surface area contributed by atoms with Crippen molar-refractivity contribution in [1.82, 2.24) is 0 Å². The SMILES string of the molecule is CC(CCI)CCCI. The predicted molar refractivity (Wildman–Crippen MR) is 60.8 cm³/mol. The van der Waals surface area contributed by atoms with Gasteiger partial charge in [0, 0.05) is 0 Å². The molecular weight excluding hydrogens is 338 g/mol. The monoisotopic (exact) mass is 352 g/mol. The molecule has 1 atom stereocenters. The molecule has 0 radical (unpaired) electrons. The van der Waals surface area contributed by atoms with Crippen molar-refractivity contribution in [2.45, 2.75) is 26.2 Å². The van der Waals surface area contributed by atoms with Gasteiger partial charge in [-0.2, -0.15) is 0 Å². The summed E-state index contributed by atoms with van der Waals surface area (Å²) >= 11 is 4.90. The van der Waals surface area contributed by atoms with Gasteiger partial charge in [0.15, 0.2) is 0 Å². The van der Waals surface area contributed by atoms with E-state index >= 15 is 0 Å². The van der Waals surface area contributed by atoms with E-state index in [2.05, 4.69) is 52.1 Å². The molecule has 0 aliphatic heterocycles. The highest BCUT2D eigenvalue weighted by Crippen LogP contribution is 2.12. The third-order valence-corrected chi connectivity index (χ3v) is 2.82. The van der Waals surface area contributed by atoms with Gasteiger partial charge >= 0.3 is 0 Å². The maximum atomic E-state index is 2.45. The molecule has 1 unspecified atom stereocenters. The maximum Gasteiger partial charge on any atom is -0.000219 e. The Kier molecular flexibility index (Phi) is 8.79. The average molecular weight is 352 g/mol. The number of rotatable bonds is 5. The summed E-state index contributed by atoms with van der Waals surface area (Å²) in [7, 11) is 0. The van der Waals surface area contributed by atoms with Gasteiger partial charge in [-0.3, -0.25) is 0 Å². The highest BCUT2D eigenvalue weighted by molar-refractivity contribution is 14.1. The van der Waals surface area contributed by atoms with Crippen LogP contribution in [0.4, 0.5) is 0 Å². The summed E-state index contributed by atoms with van der Waals surface area (Å²) < 4.78 is 2.64. The van der Waals surface area contributed by atoms with Crippen LogP contribution >= 0.6 is 45.2 Å². The molecule has 0 aliphatic carbocycles. The van der Waals surface area contributed by atoms with E-state index in [1.807, 2.05) is 0 Å². The minimum atomic E-state index is 0.955. The molecular formula is C7H14I2. The Labute approximate surface area is 85.5 Å². The van der Waals surface area contributed by atoms with Gasteiger partial charge in [0.25, 0.3) is 0 Å². The first-order valence-electron chi connectivity index (χ1n) is 3.43. The second-order valence-corrected chi connectivity index (χ2v) is 4.57. The molecule has 0 aromatic carbocycles. The van der Waals surface area contributed by atoms with Crippen molar-refractivity contribution in [3.8, 4) is 0 Å². The molecule has 0 nitrogen and oxygen atoms in total. The minimum Gasteiger partial charge on any atom is -0.0864 e. The van der Waals surface area contributed by atoms with Crippen LogP contribution in [0.15, 0.2) is 0 Å². The molecule has 0 heterocycles. The second-order valence-electron chi connectivity index (χ2n) is 2.41. The summed E-state index contributed by atoms with van der Waals surface area (Å²) in [6.45, 7) is 2.35. The zero-order chi connectivity index (χ0) is 7.11. The topological polar surface area (TPSA) is 0 Å². The minimum absolute atomic E-state index is 0.955. The van der Waals surface area contributed by atoms with Gasteiger partial charge in [-0.1, -0.05) is 52.1 Å². The van der Waals surface area contributed by atoms with Gasteiger partial charge < -0.3 is 0 Å². The Morgan fingerprint density at radius 1 is 1.11 bits per heavy atom. The van der Waals surface area contributed by atoms with Gasteiger partial charge in [0.1, 0.15) is 0 Å². The molecule has 0 aromatic heterocycles. The Morgan fingerprint density at radius 3 is 2.22 bits per heavy atom. The molecule has 0 N–H and O–H groups in total. The van der Waals surface area contributed by atoms with Crippen LogP contribution < -0.4 is 0 Å². The highest BCUT2D eigenvalue weighted by atomic mass is 127. The first kappa shape index (κ1) is 10.5. The summed E-state index contributed by atoms with van der Waals surface area (Å²) in [6, 6.07) is 0. The average Bonchev–Trinajstić information content (AvgIpc) is 1.85. The summed E-state index contributed by atoms with van der Waals surface area (Å²) in [5, 5.41) is 0. The molecule has 0 spiro atoms. The third kappa shape index (κ3) is 7.36. The van der Waals surface area contributed by atoms with Gasteiger partial charge in [0.05, 0.1) is 0 Å². The van der Waals surface area contributed by atoms with Crippen LogP contribution in [0.2, 0.25) is 0 Å². The van der Waals surface area contributed by atoms with Crippen LogP contribution in [-0.4, -0.2) is 8.86 Å². The lowest BCUT2D eigenvalue weighted by molar-refractivity contribution is 0.520. The molecule has 0 amide bonds. The summed E-state index contributed by atoms with van der Waals surface area (Å²) in [5.74, 6) is 0.955. The lowest BCUT2D eigenvalue weighted by Crippen LogP contribution is -1.94. The van der Waals surface area contributed by atoms with E-state index in [-0.39, 0.29) is 0 Å². The first-order valence-corrected chi connectivity index (χ1v) is 6.48. The fourth-order valence-electron chi connectivity index (χ4n) is 0.756. The molecule has 0 aliphatic rings. The molecule has 0 bridgehead atoms. The Hall–Kier alpha value is 1.46. The van der Waals surface area contributed by atoms with Crippen LogP contribution in [0.1, 0.15) is 26.2 Å². The smallest absolute Gasteiger partial charge is 0.000219 e. The van der Waals surface area contributed by atoms with Crippen LogP contribution in [0, 0.1) is 5.92 Å². The van der Waals surface area contributed by atoms with Gasteiger partial charge in [-0.05, 0) is 34.0 Å². The van der Waals surface area contributed by atoms with Crippen LogP contribution in [0.3, 0.4) is 0 Å². The van der Waals surface area contributed by atoms with Crippen molar-refractivity contribution in [3.05, 3.63) is 0 Å². The van der Waals surface area contributed by atoms with E-state index in [1.165, 1.54) is 28.1 Å². The molecule has 9 heavy (non-hydrogen) atoms. The van der Waals surface area contributed by atoms with Crippen LogP contribution in [-0.2, 0) is 0 Å². The van der Waals surface area contributed by atoms with E-state index in [9.17, 15) is 0 Å². The van der Waals surface area contributed by atoms with E-state index < -0.39 is 0 Å². The van der Waals surface area contributed by atoms with E-state index in [0.717, 1.165) is 5.92 Å². The second kappa shape index (κ2) is 7.57. The first-order chi connectivity index (χ1) is 4.31. The molecule has 0 rings (SSSR count). The van der Waals surface area contributed by atoms with Gasteiger partial charge in [-0.25, -0.2) is 0 Å². The van der Waals surface area contributed by atoms with Gasteiger partial charge in [0.2, 0.25) is 0 Å². The van der Waals surface area contributed by atoms with Crippen molar-refractivity contribution in [2.24, 2.45) is 5.92 Å². The maximum absolute atomic E-state index is 2.45. The highest BCUT2D eigenvalue weighted by Gasteiger charge is 1.98. The summed E-state index contributed by atoms with van der Waals surface area (Å²) in [6.07, 6.45) is 4.22. The zero-order valence-electron chi connectivity index (χ0n) is 5.87. The standard InChI is InChI=1S/C7H14I2/c1-7(4-6-9)3-2-5-8/h7H,2-6H2,1H3. The lowest BCUT2D eigenvalue weighted by atomic mass is 10.0. The fourth-order valence-corrected chi connectivity index (χ4v) is 2.26. The third-order valence-electron chi connectivity index (χ3n) is 1.43. The Morgan fingerprint density at radius 2 is 1.78 bits per heavy atom. The number of alkyl halides is 2. The van der Waals surface area contributed by atoms with Gasteiger partial charge in [-0.15, -0.1) is 0 Å². The molecule has 0 fully saturated rings. The fraction of sp³-hybridized carbons (Fsp3) is 1.00. The summed E-state index contributed by atoms with van der Waals surface area (Å²) in [5.41, 5.74) is 0. The van der Waals surface area contributed by atoms with Crippen molar-refractivity contribution in [1.29, 1.82) is 0 Å². The largest absolute Gasteiger partial charge is 0.0864 e. The zero-order valence-corrected chi connectivity index (χ0v) is 10.2. The van der Waals surface area contributed by atoms with Crippen molar-refractivity contribution >= 4 is 45.2 Å².